The highest BCUT2D eigenvalue weighted by Crippen LogP contribution is 2.14. The predicted octanol–water partition coefficient (Wildman–Crippen LogP) is 3.59. The molecule has 0 fully saturated rings. The molecule has 5 nitrogen and oxygen atoms in total. The molecular formula is C21H17ClN4OS. The maximum Gasteiger partial charge on any atom is 0.291 e. The predicted molar refractivity (Wildman–Crippen MR) is 117 cm³/mol. The van der Waals surface area contributed by atoms with Crippen LogP contribution in [0, 0.1) is 0 Å². The lowest BCUT2D eigenvalue weighted by atomic mass is 10.2. The van der Waals surface area contributed by atoms with Gasteiger partial charge in [-0.15, -0.1) is 5.10 Å². The van der Waals surface area contributed by atoms with E-state index in [0.29, 0.717) is 20.3 Å². The zero-order valence-electron chi connectivity index (χ0n) is 15.3. The van der Waals surface area contributed by atoms with Gasteiger partial charge in [0.15, 0.2) is 5.82 Å². The van der Waals surface area contributed by atoms with Crippen LogP contribution in [0.3, 0.4) is 0 Å². The first-order chi connectivity index (χ1) is 13.5. The van der Waals surface area contributed by atoms with Gasteiger partial charge in [0, 0.05) is 24.8 Å². The van der Waals surface area contributed by atoms with Crippen LogP contribution in [-0.4, -0.2) is 28.7 Å². The fraction of sp³-hybridized carbons (Fsp3) is 0.0952. The van der Waals surface area contributed by atoms with Gasteiger partial charge >= 0.3 is 0 Å². The van der Waals surface area contributed by atoms with Crippen LogP contribution < -0.4 is 15.0 Å². The zero-order chi connectivity index (χ0) is 19.7. The number of anilines is 1. The number of hydrogen-bond acceptors (Lipinski definition) is 5. The summed E-state index contributed by atoms with van der Waals surface area (Å²) in [5.41, 5.74) is 2.91. The van der Waals surface area contributed by atoms with Gasteiger partial charge in [0.2, 0.25) is 4.96 Å². The molecule has 0 N–H and O–H groups in total. The van der Waals surface area contributed by atoms with Crippen molar-refractivity contribution in [3.05, 3.63) is 85.4 Å². The Morgan fingerprint density at radius 1 is 1.00 bits per heavy atom. The maximum absolute atomic E-state index is 12.6. The molecule has 28 heavy (non-hydrogen) atoms. The highest BCUT2D eigenvalue weighted by molar-refractivity contribution is 7.15. The number of hydrogen-bond donors (Lipinski definition) is 0. The number of rotatable bonds is 4. The Hall–Kier alpha value is -2.96. The van der Waals surface area contributed by atoms with E-state index in [1.54, 1.807) is 6.08 Å². The van der Waals surface area contributed by atoms with Crippen LogP contribution in [0.4, 0.5) is 5.69 Å². The molecule has 0 aliphatic rings. The number of fused-ring (bicyclic) bond motifs is 1. The molecule has 0 aliphatic carbocycles. The molecule has 0 aliphatic heterocycles. The average Bonchev–Trinajstić information content (AvgIpc) is 3.21. The Morgan fingerprint density at radius 2 is 1.68 bits per heavy atom. The normalized spacial score (nSPS) is 12.3. The molecule has 0 spiro atoms. The summed E-state index contributed by atoms with van der Waals surface area (Å²) in [5, 5.41) is 5.00. The van der Waals surface area contributed by atoms with Gasteiger partial charge in [0.1, 0.15) is 0 Å². The standard InChI is InChI=1S/C21H17ClN4OS/c1-25(2)17-10-5-15(6-11-17)13-18-20(27)26-21(28-18)23-19(24-26)12-7-14-3-8-16(22)9-4-14/h3-13H,1-2H3. The molecule has 0 atom stereocenters. The molecular weight excluding hydrogens is 392 g/mol. The molecule has 0 bridgehead atoms. The SMILES string of the molecule is CN(C)c1ccc(C=c2sc3nc(C=Cc4ccc(Cl)cc4)nn3c2=O)cc1. The second kappa shape index (κ2) is 7.58. The third-order valence-corrected chi connectivity index (χ3v) is 5.41. The zero-order valence-corrected chi connectivity index (χ0v) is 16.9. The van der Waals surface area contributed by atoms with Crippen LogP contribution in [0.5, 0.6) is 0 Å². The molecule has 4 aromatic rings. The van der Waals surface area contributed by atoms with Crippen molar-refractivity contribution in [2.75, 3.05) is 19.0 Å². The molecule has 0 saturated heterocycles. The van der Waals surface area contributed by atoms with E-state index in [9.17, 15) is 4.79 Å². The van der Waals surface area contributed by atoms with Crippen molar-refractivity contribution in [2.24, 2.45) is 0 Å². The van der Waals surface area contributed by atoms with Crippen molar-refractivity contribution in [1.82, 2.24) is 14.6 Å². The summed E-state index contributed by atoms with van der Waals surface area (Å²) < 4.78 is 1.97. The Bertz CT molecular complexity index is 1250. The fourth-order valence-corrected chi connectivity index (χ4v) is 3.73. The first-order valence-corrected chi connectivity index (χ1v) is 9.81. The molecule has 0 radical (unpaired) electrons. The van der Waals surface area contributed by atoms with Gasteiger partial charge in [0.25, 0.3) is 5.56 Å². The van der Waals surface area contributed by atoms with E-state index in [-0.39, 0.29) is 5.56 Å². The van der Waals surface area contributed by atoms with E-state index in [4.69, 9.17) is 11.6 Å². The van der Waals surface area contributed by atoms with Crippen molar-refractivity contribution in [2.45, 2.75) is 0 Å². The van der Waals surface area contributed by atoms with Gasteiger partial charge in [-0.3, -0.25) is 4.79 Å². The van der Waals surface area contributed by atoms with Crippen molar-refractivity contribution >= 4 is 51.8 Å². The molecule has 0 amide bonds. The Balaban J connectivity index is 1.62. The van der Waals surface area contributed by atoms with Crippen molar-refractivity contribution in [3.8, 4) is 0 Å². The highest BCUT2D eigenvalue weighted by Gasteiger charge is 2.08. The van der Waals surface area contributed by atoms with Crippen molar-refractivity contribution < 1.29 is 0 Å². The van der Waals surface area contributed by atoms with E-state index < -0.39 is 0 Å². The number of thiazole rings is 1. The lowest BCUT2D eigenvalue weighted by molar-refractivity contribution is 0.925. The lowest BCUT2D eigenvalue weighted by Gasteiger charge is -2.11. The highest BCUT2D eigenvalue weighted by atomic mass is 35.5. The van der Waals surface area contributed by atoms with E-state index in [1.807, 2.05) is 79.7 Å². The van der Waals surface area contributed by atoms with Crippen molar-refractivity contribution in [3.63, 3.8) is 0 Å². The van der Waals surface area contributed by atoms with Gasteiger partial charge < -0.3 is 4.90 Å². The molecule has 140 valence electrons. The Morgan fingerprint density at radius 3 is 2.32 bits per heavy atom. The van der Waals surface area contributed by atoms with E-state index in [1.165, 1.54) is 15.9 Å². The van der Waals surface area contributed by atoms with Crippen molar-refractivity contribution in [1.29, 1.82) is 0 Å². The van der Waals surface area contributed by atoms with Gasteiger partial charge in [-0.1, -0.05) is 53.3 Å². The fourth-order valence-electron chi connectivity index (χ4n) is 2.68. The van der Waals surface area contributed by atoms with E-state index >= 15 is 0 Å². The Labute approximate surface area is 170 Å². The molecule has 7 heteroatoms. The van der Waals surface area contributed by atoms with E-state index in [0.717, 1.165) is 16.8 Å². The van der Waals surface area contributed by atoms with Gasteiger partial charge in [-0.25, -0.2) is 0 Å². The first kappa shape index (κ1) is 18.4. The number of nitrogens with zero attached hydrogens (tertiary/aromatic N) is 4. The summed E-state index contributed by atoms with van der Waals surface area (Å²) in [7, 11) is 3.99. The third-order valence-electron chi connectivity index (χ3n) is 4.20. The van der Waals surface area contributed by atoms with Crippen LogP contribution in [0.1, 0.15) is 17.0 Å². The van der Waals surface area contributed by atoms with Crippen LogP contribution in [0.2, 0.25) is 5.02 Å². The van der Waals surface area contributed by atoms with Gasteiger partial charge in [-0.2, -0.15) is 9.50 Å². The van der Waals surface area contributed by atoms with Crippen LogP contribution in [0.15, 0.2) is 53.3 Å². The summed E-state index contributed by atoms with van der Waals surface area (Å²) >= 11 is 7.22. The molecule has 2 aromatic carbocycles. The number of benzene rings is 2. The minimum absolute atomic E-state index is 0.157. The summed E-state index contributed by atoms with van der Waals surface area (Å²) in [6.07, 6.45) is 5.54. The summed E-state index contributed by atoms with van der Waals surface area (Å²) in [5.74, 6) is 0.500. The summed E-state index contributed by atoms with van der Waals surface area (Å²) in [4.78, 5) is 19.7. The quantitative estimate of drug-likeness (QED) is 0.518. The summed E-state index contributed by atoms with van der Waals surface area (Å²) in [6, 6.07) is 15.5. The third kappa shape index (κ3) is 3.83. The maximum atomic E-state index is 12.6. The van der Waals surface area contributed by atoms with Gasteiger partial charge in [0.05, 0.1) is 4.53 Å². The van der Waals surface area contributed by atoms with Gasteiger partial charge in [-0.05, 0) is 47.5 Å². The average molecular weight is 409 g/mol. The Kier molecular flexibility index (Phi) is 4.98. The monoisotopic (exact) mass is 408 g/mol. The molecule has 0 saturated carbocycles. The lowest BCUT2D eigenvalue weighted by Crippen LogP contribution is -2.23. The second-order valence-corrected chi connectivity index (χ2v) is 7.90. The van der Waals surface area contributed by atoms with Crippen LogP contribution in [0.25, 0.3) is 23.2 Å². The van der Waals surface area contributed by atoms with E-state index in [2.05, 4.69) is 10.1 Å². The summed E-state index contributed by atoms with van der Waals surface area (Å²) in [6.45, 7) is 0. The van der Waals surface area contributed by atoms with Crippen LogP contribution >= 0.6 is 22.9 Å². The number of halogens is 1. The smallest absolute Gasteiger partial charge is 0.291 e. The topological polar surface area (TPSA) is 50.5 Å². The number of aromatic nitrogens is 3. The molecule has 2 heterocycles. The minimum atomic E-state index is -0.157. The second-order valence-electron chi connectivity index (χ2n) is 6.45. The minimum Gasteiger partial charge on any atom is -0.378 e. The van der Waals surface area contributed by atoms with Crippen LogP contribution in [-0.2, 0) is 0 Å². The molecule has 0 unspecified atom stereocenters. The largest absolute Gasteiger partial charge is 0.378 e. The first-order valence-electron chi connectivity index (χ1n) is 8.62. The molecule has 2 aromatic heterocycles. The molecule has 4 rings (SSSR count).